The standard InChI is InChI=1S/C24H24BrN3OS/c1-29-21-10-7-19(8-11-21)18-5-3-17(4-6-18)16-28(14-2-13-26)24-22-15-20(25)9-12-23(22)30-27-24/h3-12,15H,2,13-14,16,26H2,1H3. The lowest BCUT2D eigenvalue weighted by Crippen LogP contribution is -2.26. The fourth-order valence-corrected chi connectivity index (χ4v) is 4.61. The number of anilines is 1. The van der Waals surface area contributed by atoms with Crippen molar-refractivity contribution < 1.29 is 4.74 Å². The van der Waals surface area contributed by atoms with Crippen molar-refractivity contribution in [1.29, 1.82) is 0 Å². The van der Waals surface area contributed by atoms with Gasteiger partial charge in [0.25, 0.3) is 0 Å². The largest absolute Gasteiger partial charge is 0.497 e. The van der Waals surface area contributed by atoms with Crippen molar-refractivity contribution in [2.75, 3.05) is 25.1 Å². The maximum absolute atomic E-state index is 5.80. The number of rotatable bonds is 8. The molecule has 30 heavy (non-hydrogen) atoms. The number of halogens is 1. The number of methoxy groups -OCH3 is 1. The van der Waals surface area contributed by atoms with Crippen LogP contribution in [0.5, 0.6) is 5.75 Å². The first kappa shape index (κ1) is 20.8. The van der Waals surface area contributed by atoms with E-state index in [9.17, 15) is 0 Å². The molecule has 0 amide bonds. The Morgan fingerprint density at radius 3 is 2.37 bits per heavy atom. The van der Waals surface area contributed by atoms with Crippen LogP contribution >= 0.6 is 27.5 Å². The third-order valence-corrected chi connectivity index (χ3v) is 6.41. The van der Waals surface area contributed by atoms with Gasteiger partial charge in [0.15, 0.2) is 5.82 Å². The van der Waals surface area contributed by atoms with Gasteiger partial charge in [-0.15, -0.1) is 0 Å². The molecule has 1 heterocycles. The van der Waals surface area contributed by atoms with Gasteiger partial charge in [0, 0.05) is 22.9 Å². The van der Waals surface area contributed by atoms with Crippen molar-refractivity contribution in [2.45, 2.75) is 13.0 Å². The molecule has 1 aromatic heterocycles. The first-order valence-corrected chi connectivity index (χ1v) is 11.5. The molecule has 3 aromatic carbocycles. The van der Waals surface area contributed by atoms with Crippen molar-refractivity contribution in [2.24, 2.45) is 5.73 Å². The predicted molar refractivity (Wildman–Crippen MR) is 130 cm³/mol. The van der Waals surface area contributed by atoms with Gasteiger partial charge in [0.05, 0.1) is 11.8 Å². The molecular formula is C24H24BrN3OS. The number of hydrogen-bond acceptors (Lipinski definition) is 5. The van der Waals surface area contributed by atoms with E-state index >= 15 is 0 Å². The summed E-state index contributed by atoms with van der Waals surface area (Å²) in [6.45, 7) is 2.34. The van der Waals surface area contributed by atoms with E-state index in [1.807, 2.05) is 12.1 Å². The van der Waals surface area contributed by atoms with Gasteiger partial charge in [-0.1, -0.05) is 52.3 Å². The normalized spacial score (nSPS) is 11.0. The van der Waals surface area contributed by atoms with Crippen molar-refractivity contribution >= 4 is 43.4 Å². The molecule has 0 bridgehead atoms. The van der Waals surface area contributed by atoms with Crippen molar-refractivity contribution in [3.05, 3.63) is 76.8 Å². The summed E-state index contributed by atoms with van der Waals surface area (Å²) in [4.78, 5) is 2.33. The maximum Gasteiger partial charge on any atom is 0.150 e. The van der Waals surface area contributed by atoms with E-state index in [1.165, 1.54) is 26.8 Å². The second-order valence-electron chi connectivity index (χ2n) is 7.14. The number of hydrogen-bond donors (Lipinski definition) is 1. The number of aromatic nitrogens is 1. The highest BCUT2D eigenvalue weighted by atomic mass is 79.9. The highest BCUT2D eigenvalue weighted by Gasteiger charge is 2.15. The van der Waals surface area contributed by atoms with E-state index < -0.39 is 0 Å². The Morgan fingerprint density at radius 2 is 1.70 bits per heavy atom. The van der Waals surface area contributed by atoms with E-state index in [-0.39, 0.29) is 0 Å². The van der Waals surface area contributed by atoms with Crippen molar-refractivity contribution in [3.8, 4) is 16.9 Å². The molecule has 0 aliphatic rings. The Kier molecular flexibility index (Phi) is 6.67. The zero-order valence-corrected chi connectivity index (χ0v) is 19.2. The summed E-state index contributed by atoms with van der Waals surface area (Å²) < 4.78 is 12.3. The molecule has 2 N–H and O–H groups in total. The summed E-state index contributed by atoms with van der Waals surface area (Å²) in [6.07, 6.45) is 0.928. The van der Waals surface area contributed by atoms with E-state index in [0.717, 1.165) is 35.6 Å². The van der Waals surface area contributed by atoms with Gasteiger partial charge in [-0.25, -0.2) is 0 Å². The third kappa shape index (κ3) is 4.67. The molecule has 154 valence electrons. The maximum atomic E-state index is 5.80. The van der Waals surface area contributed by atoms with E-state index in [1.54, 1.807) is 18.6 Å². The Labute approximate surface area is 189 Å². The summed E-state index contributed by atoms with van der Waals surface area (Å²) in [5.74, 6) is 1.90. The van der Waals surface area contributed by atoms with Gasteiger partial charge in [-0.05, 0) is 71.5 Å². The molecule has 4 rings (SSSR count). The van der Waals surface area contributed by atoms with Crippen LogP contribution in [0.4, 0.5) is 5.82 Å². The van der Waals surface area contributed by atoms with Crippen LogP contribution in [0.2, 0.25) is 0 Å². The SMILES string of the molecule is COc1ccc(-c2ccc(CN(CCCN)c3nsc4ccc(Br)cc34)cc2)cc1. The zero-order valence-electron chi connectivity index (χ0n) is 16.8. The van der Waals surface area contributed by atoms with Gasteiger partial charge < -0.3 is 15.4 Å². The average molecular weight is 482 g/mol. The van der Waals surface area contributed by atoms with Crippen LogP contribution in [0.15, 0.2) is 71.2 Å². The molecule has 0 saturated heterocycles. The fourth-order valence-electron chi connectivity index (χ4n) is 3.47. The lowest BCUT2D eigenvalue weighted by Gasteiger charge is -2.23. The number of benzene rings is 3. The minimum atomic E-state index is 0.665. The van der Waals surface area contributed by atoms with E-state index in [4.69, 9.17) is 14.8 Å². The van der Waals surface area contributed by atoms with Crippen LogP contribution in [0.3, 0.4) is 0 Å². The molecule has 0 saturated carbocycles. The summed E-state index contributed by atoms with van der Waals surface area (Å²) in [5.41, 5.74) is 9.43. The van der Waals surface area contributed by atoms with Gasteiger partial charge in [0.2, 0.25) is 0 Å². The fraction of sp³-hybridized carbons (Fsp3) is 0.208. The van der Waals surface area contributed by atoms with Crippen LogP contribution in [-0.2, 0) is 6.54 Å². The number of nitrogens with zero attached hydrogens (tertiary/aromatic N) is 2. The van der Waals surface area contributed by atoms with Gasteiger partial charge in [-0.3, -0.25) is 0 Å². The number of nitrogens with two attached hydrogens (primary N) is 1. The number of fused-ring (bicyclic) bond motifs is 1. The Bertz CT molecular complexity index is 1110. The molecule has 0 atom stereocenters. The lowest BCUT2D eigenvalue weighted by atomic mass is 10.0. The molecule has 0 aliphatic heterocycles. The monoisotopic (exact) mass is 481 g/mol. The highest BCUT2D eigenvalue weighted by Crippen LogP contribution is 2.33. The Hall–Kier alpha value is -2.41. The van der Waals surface area contributed by atoms with Crippen LogP contribution in [0, 0.1) is 0 Å². The molecule has 0 spiro atoms. The third-order valence-electron chi connectivity index (χ3n) is 5.10. The highest BCUT2D eigenvalue weighted by molar-refractivity contribution is 9.10. The molecular weight excluding hydrogens is 458 g/mol. The minimum Gasteiger partial charge on any atom is -0.497 e. The molecule has 0 unspecified atom stereocenters. The van der Waals surface area contributed by atoms with Gasteiger partial charge in [-0.2, -0.15) is 4.37 Å². The summed E-state index contributed by atoms with van der Waals surface area (Å²) in [7, 11) is 1.68. The zero-order chi connectivity index (χ0) is 20.9. The number of ether oxygens (including phenoxy) is 1. The summed E-state index contributed by atoms with van der Waals surface area (Å²) in [6, 6.07) is 23.2. The van der Waals surface area contributed by atoms with E-state index in [0.29, 0.717) is 6.54 Å². The predicted octanol–water partition coefficient (Wildman–Crippen LogP) is 6.09. The molecule has 0 radical (unpaired) electrons. The van der Waals surface area contributed by atoms with Gasteiger partial charge in [0.1, 0.15) is 5.75 Å². The van der Waals surface area contributed by atoms with Crippen LogP contribution in [0.1, 0.15) is 12.0 Å². The molecule has 6 heteroatoms. The second-order valence-corrected chi connectivity index (χ2v) is 8.86. The average Bonchev–Trinajstić information content (AvgIpc) is 3.20. The Morgan fingerprint density at radius 1 is 1.00 bits per heavy atom. The van der Waals surface area contributed by atoms with Gasteiger partial charge >= 0.3 is 0 Å². The lowest BCUT2D eigenvalue weighted by molar-refractivity contribution is 0.415. The van der Waals surface area contributed by atoms with Crippen LogP contribution in [0.25, 0.3) is 21.2 Å². The topological polar surface area (TPSA) is 51.4 Å². The minimum absolute atomic E-state index is 0.665. The van der Waals surface area contributed by atoms with Crippen molar-refractivity contribution in [3.63, 3.8) is 0 Å². The smallest absolute Gasteiger partial charge is 0.150 e. The van der Waals surface area contributed by atoms with Crippen LogP contribution in [-0.4, -0.2) is 24.6 Å². The Balaban J connectivity index is 1.57. The first-order valence-electron chi connectivity index (χ1n) is 9.91. The molecule has 0 fully saturated rings. The van der Waals surface area contributed by atoms with E-state index in [2.05, 4.69) is 75.4 Å². The quantitative estimate of drug-likeness (QED) is 0.330. The molecule has 4 nitrogen and oxygen atoms in total. The molecule has 0 aliphatic carbocycles. The molecule has 4 aromatic rings. The van der Waals surface area contributed by atoms with Crippen molar-refractivity contribution in [1.82, 2.24) is 4.37 Å². The summed E-state index contributed by atoms with van der Waals surface area (Å²) in [5, 5.41) is 1.18. The summed E-state index contributed by atoms with van der Waals surface area (Å²) >= 11 is 5.13. The second kappa shape index (κ2) is 9.60. The first-order chi connectivity index (χ1) is 14.7. The van der Waals surface area contributed by atoms with Crippen LogP contribution < -0.4 is 15.4 Å².